The summed E-state index contributed by atoms with van der Waals surface area (Å²) in [5.74, 6) is -0.235. The first-order valence-electron chi connectivity index (χ1n) is 6.24. The van der Waals surface area contributed by atoms with Gasteiger partial charge in [0.15, 0.2) is 0 Å². The molecule has 3 rings (SSSR count). The van der Waals surface area contributed by atoms with Crippen LogP contribution >= 0.6 is 23.2 Å². The molecule has 0 aliphatic carbocycles. The molecule has 0 aliphatic rings. The van der Waals surface area contributed by atoms with Gasteiger partial charge in [-0.2, -0.15) is 0 Å². The molecule has 0 aliphatic heterocycles. The van der Waals surface area contributed by atoms with Crippen molar-refractivity contribution in [1.29, 1.82) is 0 Å². The maximum absolute atomic E-state index is 12.3. The maximum Gasteiger partial charge on any atom is 0.257 e. The molecule has 1 amide bonds. The molecule has 0 bridgehead atoms. The maximum atomic E-state index is 12.3. The number of nitrogens with one attached hydrogen (secondary N) is 1. The van der Waals surface area contributed by atoms with Crippen LogP contribution in [0.25, 0.3) is 5.65 Å². The Morgan fingerprint density at radius 1 is 1.14 bits per heavy atom. The van der Waals surface area contributed by atoms with Crippen molar-refractivity contribution in [3.63, 3.8) is 0 Å². The molecule has 4 nitrogen and oxygen atoms in total. The van der Waals surface area contributed by atoms with Gasteiger partial charge in [0.1, 0.15) is 5.65 Å². The highest BCUT2D eigenvalue weighted by molar-refractivity contribution is 6.35. The van der Waals surface area contributed by atoms with Crippen LogP contribution in [-0.2, 0) is 0 Å². The summed E-state index contributed by atoms with van der Waals surface area (Å²) >= 11 is 11.8. The fourth-order valence-corrected chi connectivity index (χ4v) is 2.61. The van der Waals surface area contributed by atoms with E-state index in [1.165, 1.54) is 0 Å². The lowest BCUT2D eigenvalue weighted by atomic mass is 10.2. The molecule has 21 heavy (non-hydrogen) atoms. The van der Waals surface area contributed by atoms with E-state index in [9.17, 15) is 4.79 Å². The van der Waals surface area contributed by atoms with Gasteiger partial charge in [-0.3, -0.25) is 4.79 Å². The number of halogens is 2. The zero-order valence-electron chi connectivity index (χ0n) is 11.1. The number of nitrogens with zero attached hydrogens (tertiary/aromatic N) is 2. The minimum absolute atomic E-state index is 0.235. The Morgan fingerprint density at radius 3 is 2.57 bits per heavy atom. The van der Waals surface area contributed by atoms with Gasteiger partial charge < -0.3 is 9.72 Å². The molecule has 0 spiro atoms. The number of carbonyl (C=O) groups excluding carboxylic acids is 1. The van der Waals surface area contributed by atoms with Crippen LogP contribution in [0.1, 0.15) is 16.1 Å². The number of hydrogen-bond acceptors (Lipinski definition) is 2. The summed E-state index contributed by atoms with van der Waals surface area (Å²) in [4.78, 5) is 16.6. The predicted octanol–water partition coefficient (Wildman–Crippen LogP) is 4.20. The molecule has 106 valence electrons. The zero-order valence-corrected chi connectivity index (χ0v) is 12.6. The highest BCUT2D eigenvalue weighted by atomic mass is 35.5. The molecular weight excluding hydrogens is 309 g/mol. The Labute approximate surface area is 131 Å². The van der Waals surface area contributed by atoms with Crippen LogP contribution in [0.5, 0.6) is 0 Å². The minimum atomic E-state index is -0.235. The summed E-state index contributed by atoms with van der Waals surface area (Å²) in [6.07, 6.45) is 3.60. The molecule has 2 aromatic heterocycles. The second kappa shape index (κ2) is 5.39. The average molecular weight is 320 g/mol. The fraction of sp³-hybridized carbons (Fsp3) is 0.0667. The molecular formula is C15H11Cl2N3O. The van der Waals surface area contributed by atoms with Crippen molar-refractivity contribution in [3.8, 4) is 0 Å². The number of pyridine rings is 1. The fourth-order valence-electron chi connectivity index (χ4n) is 2.08. The number of fused-ring (bicyclic) bond motifs is 1. The molecule has 0 saturated carbocycles. The lowest BCUT2D eigenvalue weighted by molar-refractivity contribution is 0.102. The third-order valence-electron chi connectivity index (χ3n) is 2.95. The van der Waals surface area contributed by atoms with Crippen LogP contribution in [0.15, 0.2) is 42.7 Å². The molecule has 6 heteroatoms. The van der Waals surface area contributed by atoms with Gasteiger partial charge in [-0.1, -0.05) is 23.2 Å². The Kier molecular flexibility index (Phi) is 3.57. The summed E-state index contributed by atoms with van der Waals surface area (Å²) in [5, 5.41) is 3.71. The largest absolute Gasteiger partial charge is 0.322 e. The number of carbonyl (C=O) groups is 1. The number of aryl methyl sites for hydroxylation is 1. The monoisotopic (exact) mass is 319 g/mol. The third kappa shape index (κ3) is 3.01. The lowest BCUT2D eigenvalue weighted by Gasteiger charge is -2.07. The van der Waals surface area contributed by atoms with Crippen LogP contribution in [0.3, 0.4) is 0 Å². The average Bonchev–Trinajstić information content (AvgIpc) is 2.76. The quantitative estimate of drug-likeness (QED) is 0.769. The topological polar surface area (TPSA) is 46.4 Å². The van der Waals surface area contributed by atoms with Crippen LogP contribution in [0.4, 0.5) is 5.69 Å². The van der Waals surface area contributed by atoms with Gasteiger partial charge in [-0.15, -0.1) is 0 Å². The van der Waals surface area contributed by atoms with Crippen molar-refractivity contribution < 1.29 is 4.79 Å². The summed E-state index contributed by atoms with van der Waals surface area (Å²) in [6.45, 7) is 1.90. The van der Waals surface area contributed by atoms with Crippen LogP contribution in [0, 0.1) is 6.92 Å². The van der Waals surface area contributed by atoms with E-state index in [0.717, 1.165) is 11.3 Å². The van der Waals surface area contributed by atoms with E-state index in [2.05, 4.69) is 10.3 Å². The normalized spacial score (nSPS) is 10.8. The summed E-state index contributed by atoms with van der Waals surface area (Å²) in [5.41, 5.74) is 2.78. The number of amides is 1. The van der Waals surface area contributed by atoms with Gasteiger partial charge in [-0.05, 0) is 37.3 Å². The van der Waals surface area contributed by atoms with Gasteiger partial charge in [0.2, 0.25) is 0 Å². The molecule has 0 atom stereocenters. The van der Waals surface area contributed by atoms with Crippen LogP contribution < -0.4 is 5.32 Å². The van der Waals surface area contributed by atoms with Crippen molar-refractivity contribution >= 4 is 40.4 Å². The number of benzene rings is 1. The highest BCUT2D eigenvalue weighted by Crippen LogP contribution is 2.23. The Morgan fingerprint density at radius 2 is 1.86 bits per heavy atom. The van der Waals surface area contributed by atoms with Crippen molar-refractivity contribution in [2.24, 2.45) is 0 Å². The molecule has 1 N–H and O–H groups in total. The van der Waals surface area contributed by atoms with E-state index >= 15 is 0 Å². The second-order valence-corrected chi connectivity index (χ2v) is 5.55. The third-order valence-corrected chi connectivity index (χ3v) is 3.39. The molecule has 0 saturated heterocycles. The smallest absolute Gasteiger partial charge is 0.257 e. The van der Waals surface area contributed by atoms with Crippen LogP contribution in [-0.4, -0.2) is 15.3 Å². The van der Waals surface area contributed by atoms with Gasteiger partial charge in [0, 0.05) is 28.1 Å². The van der Waals surface area contributed by atoms with Crippen molar-refractivity contribution in [1.82, 2.24) is 9.38 Å². The first kappa shape index (κ1) is 13.9. The van der Waals surface area contributed by atoms with Gasteiger partial charge in [0.25, 0.3) is 5.91 Å². The molecule has 0 radical (unpaired) electrons. The standard InChI is InChI=1S/C15H11Cl2N3O/c1-9-7-20-8-10(2-3-14(20)18-9)15(21)19-13-5-11(16)4-12(17)6-13/h2-8H,1H3,(H,19,21). The summed E-state index contributed by atoms with van der Waals surface area (Å²) in [6, 6.07) is 8.42. The van der Waals surface area contributed by atoms with E-state index < -0.39 is 0 Å². The van der Waals surface area contributed by atoms with Crippen molar-refractivity contribution in [2.75, 3.05) is 5.32 Å². The number of rotatable bonds is 2. The van der Waals surface area contributed by atoms with E-state index in [-0.39, 0.29) is 5.91 Å². The van der Waals surface area contributed by atoms with E-state index in [0.29, 0.717) is 21.3 Å². The predicted molar refractivity (Wildman–Crippen MR) is 84.3 cm³/mol. The zero-order chi connectivity index (χ0) is 15.0. The molecule has 1 aromatic carbocycles. The van der Waals surface area contributed by atoms with Gasteiger partial charge in [-0.25, -0.2) is 4.98 Å². The number of anilines is 1. The first-order chi connectivity index (χ1) is 10.0. The van der Waals surface area contributed by atoms with Crippen molar-refractivity contribution in [2.45, 2.75) is 6.92 Å². The molecule has 0 fully saturated rings. The van der Waals surface area contributed by atoms with Gasteiger partial charge >= 0.3 is 0 Å². The van der Waals surface area contributed by atoms with Crippen LogP contribution in [0.2, 0.25) is 10.0 Å². The SMILES string of the molecule is Cc1cn2cc(C(=O)Nc3cc(Cl)cc(Cl)c3)ccc2n1. The van der Waals surface area contributed by atoms with E-state index in [1.54, 1.807) is 36.5 Å². The van der Waals surface area contributed by atoms with E-state index in [4.69, 9.17) is 23.2 Å². The summed E-state index contributed by atoms with van der Waals surface area (Å²) < 4.78 is 1.81. The number of imidazole rings is 1. The highest BCUT2D eigenvalue weighted by Gasteiger charge is 2.09. The first-order valence-corrected chi connectivity index (χ1v) is 7.00. The molecule has 2 heterocycles. The summed E-state index contributed by atoms with van der Waals surface area (Å²) in [7, 11) is 0. The van der Waals surface area contributed by atoms with Gasteiger partial charge in [0.05, 0.1) is 11.3 Å². The molecule has 0 unspecified atom stereocenters. The Hall–Kier alpha value is -2.04. The molecule has 3 aromatic rings. The lowest BCUT2D eigenvalue weighted by Crippen LogP contribution is -2.12. The van der Waals surface area contributed by atoms with Crippen molar-refractivity contribution in [3.05, 3.63) is 64.0 Å². The number of aromatic nitrogens is 2. The Bertz CT molecular complexity index is 822. The minimum Gasteiger partial charge on any atom is -0.322 e. The van der Waals surface area contributed by atoms with E-state index in [1.807, 2.05) is 17.5 Å². The number of hydrogen-bond donors (Lipinski definition) is 1. The Balaban J connectivity index is 1.89. The second-order valence-electron chi connectivity index (χ2n) is 4.68.